The molecule has 2 unspecified atom stereocenters. The molecule has 0 aliphatic carbocycles. The second-order valence-electron chi connectivity index (χ2n) is 2.64. The molecule has 102 valence electrons. The van der Waals surface area contributed by atoms with Crippen LogP contribution in [0.25, 0.3) is 0 Å². The van der Waals surface area contributed by atoms with Crippen LogP contribution in [0.4, 0.5) is 0 Å². The van der Waals surface area contributed by atoms with Crippen molar-refractivity contribution >= 4 is 22.1 Å². The van der Waals surface area contributed by atoms with Crippen molar-refractivity contribution in [3.05, 3.63) is 0 Å². The van der Waals surface area contributed by atoms with Crippen molar-refractivity contribution in [3.63, 3.8) is 0 Å². The van der Waals surface area contributed by atoms with Crippen molar-refractivity contribution in [1.29, 1.82) is 0 Å². The molecule has 0 aromatic carbocycles. The summed E-state index contributed by atoms with van der Waals surface area (Å²) in [4.78, 5) is 19.5. The molecule has 0 aromatic heterocycles. The first kappa shape index (κ1) is 18.1. The van der Waals surface area contributed by atoms with Crippen LogP contribution in [0.3, 0.4) is 0 Å². The third-order valence-corrected chi connectivity index (χ3v) is 1.93. The van der Waals surface area contributed by atoms with E-state index in [9.17, 15) is 18.0 Å². The molecule has 0 saturated carbocycles. The molecule has 10 nitrogen and oxygen atoms in total. The number of aliphatic hydroxyl groups excluding tert-OH is 2. The topological polar surface area (TPSA) is 195 Å². The zero-order valence-electron chi connectivity index (χ0n) is 8.42. The van der Waals surface area contributed by atoms with Gasteiger partial charge in [-0.3, -0.25) is 4.55 Å². The number of carboxylic acids is 2. The largest absolute Gasteiger partial charge is 0.479 e. The number of hydrogen-bond acceptors (Lipinski definition) is 7. The van der Waals surface area contributed by atoms with Gasteiger partial charge in [-0.15, -0.1) is 0 Å². The van der Waals surface area contributed by atoms with Gasteiger partial charge < -0.3 is 26.2 Å². The Morgan fingerprint density at radius 3 is 1.41 bits per heavy atom. The normalized spacial score (nSPS) is 14.1. The summed E-state index contributed by atoms with van der Waals surface area (Å²) in [6, 6.07) is 0. The molecule has 0 fully saturated rings. The molecule has 0 aliphatic rings. The van der Waals surface area contributed by atoms with Gasteiger partial charge in [-0.25, -0.2) is 9.59 Å². The Hall–Kier alpha value is -1.27. The second-order valence-corrected chi connectivity index (χ2v) is 4.21. The van der Waals surface area contributed by atoms with Gasteiger partial charge in [0.15, 0.2) is 12.2 Å². The van der Waals surface area contributed by atoms with E-state index in [1.807, 2.05) is 0 Å². The van der Waals surface area contributed by atoms with Crippen molar-refractivity contribution in [2.24, 2.45) is 5.73 Å². The smallest absolute Gasteiger partial charge is 0.335 e. The number of carboxylic acid groups (broad SMARTS) is 2. The van der Waals surface area contributed by atoms with Gasteiger partial charge in [0.2, 0.25) is 0 Å². The molecule has 2 atom stereocenters. The fraction of sp³-hybridized carbons (Fsp3) is 0.667. The Bertz CT molecular complexity index is 332. The molecule has 0 aliphatic heterocycles. The van der Waals surface area contributed by atoms with Crippen LogP contribution in [0, 0.1) is 0 Å². The highest BCUT2D eigenvalue weighted by Crippen LogP contribution is 1.92. The average Bonchev–Trinajstić information content (AvgIpc) is 2.14. The quantitative estimate of drug-likeness (QED) is 0.276. The van der Waals surface area contributed by atoms with Gasteiger partial charge in [0.05, 0.1) is 5.75 Å². The summed E-state index contributed by atoms with van der Waals surface area (Å²) in [6.45, 7) is -0.0289. The molecule has 0 rings (SSSR count). The molecule has 11 heteroatoms. The maximum atomic E-state index is 9.77. The lowest BCUT2D eigenvalue weighted by Crippen LogP contribution is -2.39. The highest BCUT2D eigenvalue weighted by atomic mass is 32.2. The van der Waals surface area contributed by atoms with Gasteiger partial charge in [-0.1, -0.05) is 0 Å². The predicted octanol–water partition coefficient (Wildman–Crippen LogP) is -3.29. The molecule has 17 heavy (non-hydrogen) atoms. The molecular formula is C6H13NO9S. The highest BCUT2D eigenvalue weighted by Gasteiger charge is 2.29. The lowest BCUT2D eigenvalue weighted by atomic mass is 10.2. The first-order valence-electron chi connectivity index (χ1n) is 4.00. The van der Waals surface area contributed by atoms with Gasteiger partial charge >= 0.3 is 11.9 Å². The Morgan fingerprint density at radius 1 is 1.06 bits per heavy atom. The van der Waals surface area contributed by atoms with E-state index in [2.05, 4.69) is 0 Å². The minimum atomic E-state index is -3.80. The zero-order valence-corrected chi connectivity index (χ0v) is 9.24. The number of aliphatic hydroxyl groups is 2. The van der Waals surface area contributed by atoms with Crippen LogP contribution in [-0.4, -0.2) is 69.8 Å². The van der Waals surface area contributed by atoms with E-state index in [0.29, 0.717) is 0 Å². The highest BCUT2D eigenvalue weighted by molar-refractivity contribution is 7.85. The van der Waals surface area contributed by atoms with Crippen molar-refractivity contribution in [2.75, 3.05) is 12.3 Å². The summed E-state index contributed by atoms with van der Waals surface area (Å²) in [5, 5.41) is 32.5. The second kappa shape index (κ2) is 7.92. The monoisotopic (exact) mass is 275 g/mol. The third-order valence-electron chi connectivity index (χ3n) is 1.18. The van der Waals surface area contributed by atoms with Crippen LogP contribution in [0.1, 0.15) is 0 Å². The van der Waals surface area contributed by atoms with Crippen molar-refractivity contribution in [3.8, 4) is 0 Å². The lowest BCUT2D eigenvalue weighted by Gasteiger charge is -2.07. The Kier molecular flexibility index (Phi) is 8.43. The summed E-state index contributed by atoms with van der Waals surface area (Å²) >= 11 is 0. The van der Waals surface area contributed by atoms with Crippen LogP contribution in [0.5, 0.6) is 0 Å². The summed E-state index contributed by atoms with van der Waals surface area (Å²) < 4.78 is 27.3. The van der Waals surface area contributed by atoms with Crippen LogP contribution in [0.2, 0.25) is 0 Å². The van der Waals surface area contributed by atoms with E-state index in [0.717, 1.165) is 0 Å². The first-order valence-corrected chi connectivity index (χ1v) is 5.60. The maximum absolute atomic E-state index is 9.77. The molecule has 0 heterocycles. The molecular weight excluding hydrogens is 262 g/mol. The van der Waals surface area contributed by atoms with E-state index in [1.165, 1.54) is 0 Å². The molecule has 0 radical (unpaired) electrons. The molecule has 0 aromatic rings. The Labute approximate surface area is 96.0 Å². The fourth-order valence-electron chi connectivity index (χ4n) is 0.419. The summed E-state index contributed by atoms with van der Waals surface area (Å²) in [7, 11) is -3.80. The number of rotatable bonds is 5. The number of aliphatic carboxylic acids is 2. The van der Waals surface area contributed by atoms with Crippen LogP contribution < -0.4 is 5.73 Å². The van der Waals surface area contributed by atoms with Gasteiger partial charge in [0.1, 0.15) is 0 Å². The Morgan fingerprint density at radius 2 is 1.35 bits per heavy atom. The molecule has 0 spiro atoms. The minimum Gasteiger partial charge on any atom is -0.479 e. The van der Waals surface area contributed by atoms with Gasteiger partial charge in [0, 0.05) is 6.54 Å². The van der Waals surface area contributed by atoms with Gasteiger partial charge in [-0.05, 0) is 0 Å². The fourth-order valence-corrected chi connectivity index (χ4v) is 0.717. The van der Waals surface area contributed by atoms with E-state index >= 15 is 0 Å². The lowest BCUT2D eigenvalue weighted by molar-refractivity contribution is -0.165. The molecule has 0 saturated heterocycles. The van der Waals surface area contributed by atoms with Gasteiger partial charge in [0.25, 0.3) is 10.1 Å². The number of carbonyl (C=O) groups is 2. The minimum absolute atomic E-state index is 0.0289. The number of nitrogens with two attached hydrogens (primary N) is 1. The number of hydrogen-bond donors (Lipinski definition) is 6. The van der Waals surface area contributed by atoms with Crippen molar-refractivity contribution in [2.45, 2.75) is 12.2 Å². The van der Waals surface area contributed by atoms with Crippen LogP contribution in [-0.2, 0) is 19.7 Å². The third kappa shape index (κ3) is 11.0. The van der Waals surface area contributed by atoms with E-state index < -0.39 is 34.3 Å². The predicted molar refractivity (Wildman–Crippen MR) is 52.8 cm³/mol. The maximum Gasteiger partial charge on any atom is 0.335 e. The van der Waals surface area contributed by atoms with Gasteiger partial charge in [-0.2, -0.15) is 8.42 Å². The average molecular weight is 275 g/mol. The molecule has 0 bridgehead atoms. The summed E-state index contributed by atoms with van der Waals surface area (Å²) in [5.74, 6) is -3.89. The van der Waals surface area contributed by atoms with Crippen molar-refractivity contribution in [1.82, 2.24) is 0 Å². The zero-order chi connectivity index (χ0) is 14.2. The van der Waals surface area contributed by atoms with E-state index in [4.69, 9.17) is 30.7 Å². The first-order chi connectivity index (χ1) is 7.52. The standard InChI is InChI=1S/C4H6O6.C2H7NO3S/c5-1(3(7)8)2(6)4(9)10;3-1-2-7(4,5)6/h1-2,5-6H,(H,7,8)(H,9,10);1-3H2,(H,4,5,6). The van der Waals surface area contributed by atoms with E-state index in [-0.39, 0.29) is 12.3 Å². The summed E-state index contributed by atoms with van der Waals surface area (Å²) in [6.07, 6.45) is -4.53. The SMILES string of the molecule is NCCS(=O)(=O)O.O=C(O)C(O)C(O)C(=O)O. The summed E-state index contributed by atoms with van der Waals surface area (Å²) in [5.41, 5.74) is 4.78. The Balaban J connectivity index is 0. The van der Waals surface area contributed by atoms with Crippen LogP contribution in [0.15, 0.2) is 0 Å². The van der Waals surface area contributed by atoms with Crippen LogP contribution >= 0.6 is 0 Å². The van der Waals surface area contributed by atoms with Crippen molar-refractivity contribution < 1.29 is 43.0 Å². The molecule has 7 N–H and O–H groups in total. The van der Waals surface area contributed by atoms with E-state index in [1.54, 1.807) is 0 Å². The molecule has 0 amide bonds.